The molecular weight excluding hydrogens is 346 g/mol. The number of thiophene rings is 1. The van der Waals surface area contributed by atoms with Gasteiger partial charge in [-0.3, -0.25) is 4.21 Å². The van der Waals surface area contributed by atoms with Gasteiger partial charge in [-0.1, -0.05) is 0 Å². The molecule has 0 fully saturated rings. The van der Waals surface area contributed by atoms with E-state index in [2.05, 4.69) is 25.9 Å². The zero-order chi connectivity index (χ0) is 13.4. The Morgan fingerprint density at radius 2 is 2.26 bits per heavy atom. The number of rotatable bonds is 3. The third-order valence-corrected chi connectivity index (χ3v) is 5.67. The molecule has 1 atom stereocenters. The van der Waals surface area contributed by atoms with Crippen LogP contribution >= 0.6 is 27.3 Å². The average Bonchev–Trinajstić information content (AvgIpc) is 2.95. The van der Waals surface area contributed by atoms with Gasteiger partial charge < -0.3 is 10.7 Å². The molecule has 0 spiro atoms. The molecule has 2 aromatic heterocycles. The summed E-state index contributed by atoms with van der Waals surface area (Å²) in [7, 11) is -1.18. The van der Waals surface area contributed by atoms with Crippen LogP contribution in [0.15, 0.2) is 39.3 Å². The topological polar surface area (TPSA) is 71.8 Å². The fraction of sp³-hybridized carbons (Fsp3) is 0.0833. The Kier molecular flexibility index (Phi) is 3.42. The van der Waals surface area contributed by atoms with Gasteiger partial charge in [0, 0.05) is 20.4 Å². The standard InChI is InChI=1S/C12H10BrN3OS2/c13-7-3-9(18-5-7)6-19(17)12-15-10-2-1-8(14)4-11(10)16-12/h1-5H,6,14H2,(H,15,16). The minimum absolute atomic E-state index is 0.464. The van der Waals surface area contributed by atoms with Gasteiger partial charge in [-0.25, -0.2) is 4.98 Å². The Hall–Kier alpha value is -1.18. The number of hydrogen-bond donors (Lipinski definition) is 2. The molecule has 7 heteroatoms. The second-order valence-electron chi connectivity index (χ2n) is 4.04. The van der Waals surface area contributed by atoms with Gasteiger partial charge in [-0.2, -0.15) is 0 Å². The van der Waals surface area contributed by atoms with Gasteiger partial charge in [-0.15, -0.1) is 11.3 Å². The largest absolute Gasteiger partial charge is 0.399 e. The van der Waals surface area contributed by atoms with Gasteiger partial charge in [0.05, 0.1) is 27.6 Å². The van der Waals surface area contributed by atoms with Crippen molar-refractivity contribution < 1.29 is 4.21 Å². The van der Waals surface area contributed by atoms with Crippen molar-refractivity contribution in [3.05, 3.63) is 39.0 Å². The fourth-order valence-corrected chi connectivity index (χ4v) is 4.47. The van der Waals surface area contributed by atoms with Gasteiger partial charge in [0.2, 0.25) is 0 Å². The zero-order valence-electron chi connectivity index (χ0n) is 9.72. The van der Waals surface area contributed by atoms with E-state index >= 15 is 0 Å². The molecule has 0 amide bonds. The first-order valence-corrected chi connectivity index (χ1v) is 8.47. The number of aromatic amines is 1. The van der Waals surface area contributed by atoms with E-state index in [4.69, 9.17) is 5.73 Å². The summed E-state index contributed by atoms with van der Waals surface area (Å²) in [6.45, 7) is 0. The second-order valence-corrected chi connectivity index (χ2v) is 7.32. The molecule has 0 aliphatic rings. The number of nitrogens with zero attached hydrogens (tertiary/aromatic N) is 1. The molecule has 3 N–H and O–H groups in total. The van der Waals surface area contributed by atoms with Crippen LogP contribution in [-0.4, -0.2) is 14.2 Å². The number of anilines is 1. The van der Waals surface area contributed by atoms with E-state index in [1.807, 2.05) is 17.5 Å². The van der Waals surface area contributed by atoms with Gasteiger partial charge in [-0.05, 0) is 40.2 Å². The van der Waals surface area contributed by atoms with Gasteiger partial charge in [0.1, 0.15) is 0 Å². The van der Waals surface area contributed by atoms with Crippen molar-refractivity contribution in [1.82, 2.24) is 9.97 Å². The predicted molar refractivity (Wildman–Crippen MR) is 82.6 cm³/mol. The molecule has 2 heterocycles. The first-order valence-electron chi connectivity index (χ1n) is 5.48. The van der Waals surface area contributed by atoms with Crippen LogP contribution < -0.4 is 5.73 Å². The maximum atomic E-state index is 12.3. The highest BCUT2D eigenvalue weighted by atomic mass is 79.9. The smallest absolute Gasteiger partial charge is 0.197 e. The Balaban J connectivity index is 1.89. The molecule has 0 aliphatic heterocycles. The van der Waals surface area contributed by atoms with Crippen molar-refractivity contribution in [3.63, 3.8) is 0 Å². The van der Waals surface area contributed by atoms with Crippen LogP contribution in [-0.2, 0) is 16.6 Å². The van der Waals surface area contributed by atoms with Crippen molar-refractivity contribution in [2.75, 3.05) is 5.73 Å². The van der Waals surface area contributed by atoms with Crippen molar-refractivity contribution in [2.24, 2.45) is 0 Å². The van der Waals surface area contributed by atoms with Crippen LogP contribution in [0.3, 0.4) is 0 Å². The molecule has 19 heavy (non-hydrogen) atoms. The average molecular weight is 356 g/mol. The van der Waals surface area contributed by atoms with Crippen molar-refractivity contribution >= 4 is 54.8 Å². The van der Waals surface area contributed by atoms with Crippen molar-refractivity contribution in [2.45, 2.75) is 10.9 Å². The molecule has 1 aromatic carbocycles. The van der Waals surface area contributed by atoms with E-state index in [9.17, 15) is 4.21 Å². The van der Waals surface area contributed by atoms with Crippen molar-refractivity contribution in [1.29, 1.82) is 0 Å². The summed E-state index contributed by atoms with van der Waals surface area (Å²) < 4.78 is 13.3. The SMILES string of the molecule is Nc1ccc2nc(S(=O)Cc3cc(Br)cs3)[nH]c2c1. The van der Waals surface area contributed by atoms with E-state index in [1.165, 1.54) is 0 Å². The summed E-state index contributed by atoms with van der Waals surface area (Å²) in [6, 6.07) is 7.38. The number of nitrogens with one attached hydrogen (secondary N) is 1. The Morgan fingerprint density at radius 3 is 3.00 bits per heavy atom. The third kappa shape index (κ3) is 2.72. The highest BCUT2D eigenvalue weighted by Crippen LogP contribution is 2.23. The first kappa shape index (κ1) is 12.8. The summed E-state index contributed by atoms with van der Waals surface area (Å²) in [5.41, 5.74) is 7.97. The zero-order valence-corrected chi connectivity index (χ0v) is 12.9. The van der Waals surface area contributed by atoms with E-state index in [1.54, 1.807) is 23.5 Å². The maximum Gasteiger partial charge on any atom is 0.197 e. The lowest BCUT2D eigenvalue weighted by Crippen LogP contribution is -1.96. The molecule has 1 unspecified atom stereocenters. The van der Waals surface area contributed by atoms with Crippen LogP contribution in [0.1, 0.15) is 4.88 Å². The quantitative estimate of drug-likeness (QED) is 0.708. The molecule has 4 nitrogen and oxygen atoms in total. The van der Waals surface area contributed by atoms with Crippen LogP contribution in [0, 0.1) is 0 Å². The van der Waals surface area contributed by atoms with Gasteiger partial charge in [0.15, 0.2) is 5.16 Å². The molecule has 0 aliphatic carbocycles. The number of H-pyrrole nitrogens is 1. The fourth-order valence-electron chi connectivity index (χ4n) is 1.74. The molecule has 3 aromatic rings. The number of benzene rings is 1. The number of halogens is 1. The highest BCUT2D eigenvalue weighted by Gasteiger charge is 2.12. The second kappa shape index (κ2) is 5.07. The predicted octanol–water partition coefficient (Wildman–Crippen LogP) is 3.28. The van der Waals surface area contributed by atoms with E-state index < -0.39 is 10.8 Å². The molecule has 0 radical (unpaired) electrons. The number of imidazole rings is 1. The summed E-state index contributed by atoms with van der Waals surface area (Å²) in [6.07, 6.45) is 0. The number of nitrogens with two attached hydrogens (primary N) is 1. The van der Waals surface area contributed by atoms with E-state index in [0.717, 1.165) is 20.4 Å². The molecule has 0 saturated carbocycles. The Labute approximate surface area is 124 Å². The molecular formula is C12H10BrN3OS2. The summed E-state index contributed by atoms with van der Waals surface area (Å²) in [5, 5.41) is 2.47. The molecule has 0 saturated heterocycles. The number of hydrogen-bond acceptors (Lipinski definition) is 4. The lowest BCUT2D eigenvalue weighted by atomic mass is 10.3. The summed E-state index contributed by atoms with van der Waals surface area (Å²) >= 11 is 4.97. The highest BCUT2D eigenvalue weighted by molar-refractivity contribution is 9.10. The third-order valence-electron chi connectivity index (χ3n) is 2.59. The lowest BCUT2D eigenvalue weighted by Gasteiger charge is -1.94. The molecule has 3 rings (SSSR count). The minimum atomic E-state index is -1.18. The normalized spacial score (nSPS) is 12.9. The van der Waals surface area contributed by atoms with Crippen LogP contribution in [0.25, 0.3) is 11.0 Å². The maximum absolute atomic E-state index is 12.3. The number of fused-ring (bicyclic) bond motifs is 1. The van der Waals surface area contributed by atoms with Gasteiger partial charge in [0.25, 0.3) is 0 Å². The van der Waals surface area contributed by atoms with E-state index in [0.29, 0.717) is 16.6 Å². The lowest BCUT2D eigenvalue weighted by molar-refractivity contribution is 0.677. The Morgan fingerprint density at radius 1 is 1.42 bits per heavy atom. The van der Waals surface area contributed by atoms with Crippen LogP contribution in [0.5, 0.6) is 0 Å². The first-order chi connectivity index (χ1) is 9.11. The van der Waals surface area contributed by atoms with Crippen molar-refractivity contribution in [3.8, 4) is 0 Å². The summed E-state index contributed by atoms with van der Waals surface area (Å²) in [4.78, 5) is 8.46. The monoisotopic (exact) mass is 355 g/mol. The number of aromatic nitrogens is 2. The minimum Gasteiger partial charge on any atom is -0.399 e. The molecule has 98 valence electrons. The van der Waals surface area contributed by atoms with Crippen LogP contribution in [0.4, 0.5) is 5.69 Å². The van der Waals surface area contributed by atoms with E-state index in [-0.39, 0.29) is 0 Å². The summed E-state index contributed by atoms with van der Waals surface area (Å²) in [5.74, 6) is 0.464. The van der Waals surface area contributed by atoms with Gasteiger partial charge >= 0.3 is 0 Å². The number of nitrogen functional groups attached to an aromatic ring is 1. The Bertz CT molecular complexity index is 765. The molecule has 0 bridgehead atoms. The van der Waals surface area contributed by atoms with Crippen LogP contribution in [0.2, 0.25) is 0 Å².